The Labute approximate surface area is 316 Å². The molecule has 0 atom stereocenters. The van der Waals surface area contributed by atoms with E-state index in [1.54, 1.807) is 6.07 Å². The molecule has 0 aliphatic carbocycles. The van der Waals surface area contributed by atoms with Gasteiger partial charge in [-0.3, -0.25) is 0 Å². The Balaban J connectivity index is 1.44. The van der Waals surface area contributed by atoms with E-state index >= 15 is 0 Å². The molecule has 0 N–H and O–H groups in total. The summed E-state index contributed by atoms with van der Waals surface area (Å²) in [5.41, 5.74) is 11.3. The van der Waals surface area contributed by atoms with Crippen molar-refractivity contribution in [1.29, 1.82) is 10.5 Å². The highest BCUT2D eigenvalue weighted by Gasteiger charge is 2.27. The molecule has 0 unspecified atom stereocenters. The molecule has 0 bridgehead atoms. The summed E-state index contributed by atoms with van der Waals surface area (Å²) in [7, 11) is 0. The lowest BCUT2D eigenvalue weighted by Gasteiger charge is -2.24. The number of rotatable bonds is 4. The minimum atomic E-state index is 0.438. The molecule has 0 aliphatic rings. The van der Waals surface area contributed by atoms with Crippen molar-refractivity contribution in [3.63, 3.8) is 0 Å². The van der Waals surface area contributed by atoms with E-state index in [9.17, 15) is 10.5 Å². The summed E-state index contributed by atoms with van der Waals surface area (Å²) < 4.78 is 7.00. The first-order valence-electron chi connectivity index (χ1n) is 18.3. The maximum Gasteiger partial charge on any atom is 0.0998 e. The molecular formula is C50H29N5. The molecule has 5 nitrogen and oxygen atoms in total. The molecule has 254 valence electrons. The van der Waals surface area contributed by atoms with Crippen LogP contribution >= 0.6 is 0 Å². The fourth-order valence-corrected chi connectivity index (χ4v) is 8.91. The van der Waals surface area contributed by atoms with Crippen molar-refractivity contribution in [3.05, 3.63) is 187 Å². The van der Waals surface area contributed by atoms with Gasteiger partial charge in [0, 0.05) is 43.4 Å². The maximum absolute atomic E-state index is 10.8. The molecular weight excluding hydrogens is 671 g/mol. The van der Waals surface area contributed by atoms with Crippen LogP contribution in [0.5, 0.6) is 0 Å². The number of aromatic nitrogens is 3. The zero-order valence-corrected chi connectivity index (χ0v) is 29.5. The van der Waals surface area contributed by atoms with Crippen molar-refractivity contribution in [2.24, 2.45) is 0 Å². The second-order valence-electron chi connectivity index (χ2n) is 13.9. The van der Waals surface area contributed by atoms with Gasteiger partial charge in [0.2, 0.25) is 0 Å². The summed E-state index contributed by atoms with van der Waals surface area (Å²) >= 11 is 0. The van der Waals surface area contributed by atoms with Gasteiger partial charge in [-0.2, -0.15) is 10.5 Å². The van der Waals surface area contributed by atoms with Gasteiger partial charge in [-0.25, -0.2) is 0 Å². The summed E-state index contributed by atoms with van der Waals surface area (Å²) in [6, 6.07) is 66.0. The van der Waals surface area contributed by atoms with Crippen LogP contribution in [0.25, 0.3) is 93.6 Å². The summed E-state index contributed by atoms with van der Waals surface area (Å²) in [6.07, 6.45) is 0. The number of para-hydroxylation sites is 6. The van der Waals surface area contributed by atoms with Crippen LogP contribution in [0.1, 0.15) is 11.1 Å². The van der Waals surface area contributed by atoms with Crippen molar-refractivity contribution in [1.82, 2.24) is 13.7 Å². The van der Waals surface area contributed by atoms with Crippen molar-refractivity contribution in [2.75, 3.05) is 0 Å². The fraction of sp³-hybridized carbons (Fsp3) is 0. The van der Waals surface area contributed by atoms with Gasteiger partial charge >= 0.3 is 0 Å². The molecule has 0 aliphatic heterocycles. The molecule has 0 fully saturated rings. The van der Waals surface area contributed by atoms with E-state index in [2.05, 4.69) is 184 Å². The van der Waals surface area contributed by atoms with E-state index in [1.807, 2.05) is 12.1 Å². The molecule has 5 heteroatoms. The second kappa shape index (κ2) is 11.8. The van der Waals surface area contributed by atoms with E-state index in [4.69, 9.17) is 0 Å². The van der Waals surface area contributed by atoms with E-state index in [0.717, 1.165) is 77.3 Å². The summed E-state index contributed by atoms with van der Waals surface area (Å²) in [6.45, 7) is 0. The lowest BCUT2D eigenvalue weighted by Crippen LogP contribution is -2.08. The molecule has 0 saturated carbocycles. The van der Waals surface area contributed by atoms with Crippen molar-refractivity contribution >= 4 is 65.4 Å². The number of hydrogen-bond acceptors (Lipinski definition) is 2. The van der Waals surface area contributed by atoms with Crippen LogP contribution in [0.4, 0.5) is 0 Å². The predicted molar refractivity (Wildman–Crippen MR) is 224 cm³/mol. The number of nitrogens with zero attached hydrogens (tertiary/aromatic N) is 5. The van der Waals surface area contributed by atoms with Crippen LogP contribution in [-0.4, -0.2) is 13.7 Å². The van der Waals surface area contributed by atoms with Crippen LogP contribution in [0.2, 0.25) is 0 Å². The Kier molecular flexibility index (Phi) is 6.61. The number of fused-ring (bicyclic) bond motifs is 9. The number of benzene rings is 8. The van der Waals surface area contributed by atoms with Crippen molar-refractivity contribution < 1.29 is 0 Å². The predicted octanol–water partition coefficient (Wildman–Crippen LogP) is 12.4. The topological polar surface area (TPSA) is 62.4 Å². The molecule has 3 aromatic heterocycles. The first-order chi connectivity index (χ1) is 27.2. The van der Waals surface area contributed by atoms with E-state index in [1.165, 1.54) is 10.8 Å². The zero-order chi connectivity index (χ0) is 36.6. The summed E-state index contributed by atoms with van der Waals surface area (Å²) in [5.74, 6) is 0. The van der Waals surface area contributed by atoms with Crippen LogP contribution in [-0.2, 0) is 0 Å². The minimum absolute atomic E-state index is 0.438. The lowest BCUT2D eigenvalue weighted by molar-refractivity contribution is 1.10. The van der Waals surface area contributed by atoms with Gasteiger partial charge in [-0.15, -0.1) is 0 Å². The first kappa shape index (κ1) is 30.7. The third kappa shape index (κ3) is 4.33. The first-order valence-corrected chi connectivity index (χ1v) is 18.3. The highest BCUT2D eigenvalue weighted by molar-refractivity contribution is 6.13. The van der Waals surface area contributed by atoms with Gasteiger partial charge in [0.1, 0.15) is 0 Å². The third-order valence-corrected chi connectivity index (χ3v) is 11.1. The zero-order valence-electron chi connectivity index (χ0n) is 29.5. The van der Waals surface area contributed by atoms with E-state index in [-0.39, 0.29) is 0 Å². The molecule has 3 heterocycles. The Bertz CT molecular complexity index is 3140. The highest BCUT2D eigenvalue weighted by atomic mass is 15.0. The fourth-order valence-electron chi connectivity index (χ4n) is 8.91. The van der Waals surface area contributed by atoms with E-state index < -0.39 is 0 Å². The summed E-state index contributed by atoms with van der Waals surface area (Å²) in [4.78, 5) is 0. The maximum atomic E-state index is 10.8. The molecule has 0 saturated heterocycles. The monoisotopic (exact) mass is 699 g/mol. The van der Waals surface area contributed by atoms with Gasteiger partial charge in [0.15, 0.2) is 0 Å². The van der Waals surface area contributed by atoms with Gasteiger partial charge in [0.25, 0.3) is 0 Å². The Morgan fingerprint density at radius 3 is 0.909 bits per heavy atom. The molecule has 0 amide bonds. The van der Waals surface area contributed by atoms with Crippen LogP contribution in [0.3, 0.4) is 0 Å². The standard InChI is InChI=1S/C50H29N5/c51-30-32-14-13-15-33(31-52)49(32)50-47(54-43-24-9-3-18-37(43)38-19-4-10-25-44(38)54)28-34(53-41-22-7-1-16-35(41)36-17-2-8-23-42(36)53)29-48(50)55-45-26-11-5-20-39(45)40-21-6-12-27-46(40)55/h1-29H. The molecule has 11 aromatic rings. The Hall–Kier alpha value is -7.86. The third-order valence-electron chi connectivity index (χ3n) is 11.1. The van der Waals surface area contributed by atoms with Crippen LogP contribution in [0.15, 0.2) is 176 Å². The smallest absolute Gasteiger partial charge is 0.0998 e. The molecule has 55 heavy (non-hydrogen) atoms. The summed E-state index contributed by atoms with van der Waals surface area (Å²) in [5, 5.41) is 28.4. The van der Waals surface area contributed by atoms with Gasteiger partial charge < -0.3 is 13.7 Å². The average Bonchev–Trinajstić information content (AvgIpc) is 3.89. The normalized spacial score (nSPS) is 11.6. The Morgan fingerprint density at radius 1 is 0.309 bits per heavy atom. The molecule has 0 spiro atoms. The SMILES string of the molecule is N#Cc1cccc(C#N)c1-c1c(-n2c3ccccc3c3ccccc32)cc(-n2c3ccccc3c3ccccc32)cc1-n1c2ccccc2c2ccccc21. The van der Waals surface area contributed by atoms with Crippen molar-refractivity contribution in [3.8, 4) is 40.3 Å². The lowest BCUT2D eigenvalue weighted by atomic mass is 9.91. The molecule has 11 rings (SSSR count). The average molecular weight is 700 g/mol. The number of hydrogen-bond donors (Lipinski definition) is 0. The van der Waals surface area contributed by atoms with Gasteiger partial charge in [-0.1, -0.05) is 115 Å². The second-order valence-corrected chi connectivity index (χ2v) is 13.9. The largest absolute Gasteiger partial charge is 0.309 e. The van der Waals surface area contributed by atoms with Crippen LogP contribution in [0, 0.1) is 22.7 Å². The quantitative estimate of drug-likeness (QED) is 0.184. The minimum Gasteiger partial charge on any atom is -0.309 e. The van der Waals surface area contributed by atoms with Gasteiger partial charge in [-0.05, 0) is 60.7 Å². The van der Waals surface area contributed by atoms with Crippen LogP contribution < -0.4 is 0 Å². The Morgan fingerprint density at radius 2 is 0.600 bits per heavy atom. The highest BCUT2D eigenvalue weighted by Crippen LogP contribution is 2.46. The van der Waals surface area contributed by atoms with Crippen molar-refractivity contribution in [2.45, 2.75) is 0 Å². The molecule has 8 aromatic carbocycles. The van der Waals surface area contributed by atoms with E-state index in [0.29, 0.717) is 16.7 Å². The number of nitriles is 2. The molecule has 0 radical (unpaired) electrons. The van der Waals surface area contributed by atoms with Gasteiger partial charge in [0.05, 0.1) is 73.4 Å².